The molecule has 0 unspecified atom stereocenters. The zero-order chi connectivity index (χ0) is 20.1. The van der Waals surface area contributed by atoms with Crippen LogP contribution in [0.5, 0.6) is 0 Å². The number of sulfonamides is 1. The van der Waals surface area contributed by atoms with Gasteiger partial charge in [-0.15, -0.1) is 0 Å². The molecule has 0 heterocycles. The predicted octanol–water partition coefficient (Wildman–Crippen LogP) is 2.60. The van der Waals surface area contributed by atoms with Gasteiger partial charge in [0.05, 0.1) is 11.4 Å². The lowest BCUT2D eigenvalue weighted by atomic mass is 9.92. The first-order valence-electron chi connectivity index (χ1n) is 9.29. The van der Waals surface area contributed by atoms with Gasteiger partial charge in [-0.05, 0) is 73.2 Å². The first-order valence-corrected chi connectivity index (χ1v) is 10.8. The highest BCUT2D eigenvalue weighted by Crippen LogP contribution is 2.23. The molecular weight excluding hydrogens is 372 g/mol. The van der Waals surface area contributed by atoms with Crippen LogP contribution in [0.25, 0.3) is 0 Å². The van der Waals surface area contributed by atoms with Crippen molar-refractivity contribution in [2.75, 3.05) is 20.6 Å². The molecule has 3 rings (SSSR count). The van der Waals surface area contributed by atoms with Crippen LogP contribution >= 0.6 is 0 Å². The average molecular weight is 397 g/mol. The molecule has 0 radical (unpaired) electrons. The number of hydrogen-bond acceptors (Lipinski definition) is 3. The van der Waals surface area contributed by atoms with Crippen LogP contribution in [0, 0.1) is 11.8 Å². The molecule has 1 aliphatic rings. The first kappa shape index (κ1) is 20.1. The third kappa shape index (κ3) is 4.80. The van der Waals surface area contributed by atoms with Crippen LogP contribution in [0.3, 0.4) is 0 Å². The summed E-state index contributed by atoms with van der Waals surface area (Å²) in [4.78, 5) is 13.7. The van der Waals surface area contributed by atoms with E-state index in [1.807, 2.05) is 6.07 Å². The Morgan fingerprint density at radius 3 is 2.39 bits per heavy atom. The maximum absolute atomic E-state index is 12.5. The molecule has 1 aliphatic carbocycles. The summed E-state index contributed by atoms with van der Waals surface area (Å²) >= 11 is 0. The van der Waals surface area contributed by atoms with Crippen LogP contribution < -0.4 is 4.72 Å². The largest absolute Gasteiger partial charge is 0.345 e. The Morgan fingerprint density at radius 1 is 1.04 bits per heavy atom. The number of amides is 1. The molecule has 0 saturated heterocycles. The number of aryl methyl sites for hydroxylation is 2. The summed E-state index contributed by atoms with van der Waals surface area (Å²) in [6.45, 7) is 0.0256. The zero-order valence-electron chi connectivity index (χ0n) is 16.2. The summed E-state index contributed by atoms with van der Waals surface area (Å²) in [5.41, 5.74) is 3.70. The number of nitrogens with one attached hydrogen (secondary N) is 1. The van der Waals surface area contributed by atoms with E-state index in [4.69, 9.17) is 0 Å². The Morgan fingerprint density at radius 2 is 1.71 bits per heavy atom. The van der Waals surface area contributed by atoms with Crippen molar-refractivity contribution in [3.63, 3.8) is 0 Å². The van der Waals surface area contributed by atoms with Crippen molar-refractivity contribution in [3.05, 3.63) is 64.7 Å². The molecular formula is C22H24N2O3S. The number of rotatable bonds is 4. The van der Waals surface area contributed by atoms with Crippen molar-refractivity contribution < 1.29 is 13.2 Å². The topological polar surface area (TPSA) is 66.5 Å². The molecule has 28 heavy (non-hydrogen) atoms. The average Bonchev–Trinajstić information content (AvgIpc) is 2.70. The minimum Gasteiger partial charge on any atom is -0.345 e. The van der Waals surface area contributed by atoms with Crippen molar-refractivity contribution in [2.24, 2.45) is 0 Å². The van der Waals surface area contributed by atoms with Crippen molar-refractivity contribution in [3.8, 4) is 11.8 Å². The molecule has 1 N–H and O–H groups in total. The van der Waals surface area contributed by atoms with Crippen LogP contribution in [0.4, 0.5) is 0 Å². The van der Waals surface area contributed by atoms with Crippen LogP contribution in [0.2, 0.25) is 0 Å². The quantitative estimate of drug-likeness (QED) is 0.808. The second-order valence-electron chi connectivity index (χ2n) is 7.04. The zero-order valence-corrected chi connectivity index (χ0v) is 17.0. The normalized spacial score (nSPS) is 13.2. The highest BCUT2D eigenvalue weighted by molar-refractivity contribution is 7.89. The maximum atomic E-state index is 12.5. The Kier molecular flexibility index (Phi) is 6.18. The lowest BCUT2D eigenvalue weighted by Gasteiger charge is -2.16. The second-order valence-corrected chi connectivity index (χ2v) is 8.81. The van der Waals surface area contributed by atoms with Crippen molar-refractivity contribution in [1.29, 1.82) is 0 Å². The molecule has 0 aliphatic heterocycles. The fraction of sp³-hybridized carbons (Fsp3) is 0.318. The van der Waals surface area contributed by atoms with Gasteiger partial charge in [0.25, 0.3) is 5.91 Å². The third-order valence-electron chi connectivity index (χ3n) is 4.75. The molecule has 0 fully saturated rings. The Hall–Kier alpha value is -2.62. The van der Waals surface area contributed by atoms with E-state index in [2.05, 4.69) is 16.6 Å². The monoisotopic (exact) mass is 396 g/mol. The molecule has 6 heteroatoms. The second kappa shape index (κ2) is 8.59. The summed E-state index contributed by atoms with van der Waals surface area (Å²) < 4.78 is 27.5. The van der Waals surface area contributed by atoms with E-state index in [1.165, 1.54) is 10.5 Å². The summed E-state index contributed by atoms with van der Waals surface area (Å²) in [6.07, 6.45) is 4.23. The van der Waals surface area contributed by atoms with Gasteiger partial charge in [0, 0.05) is 25.2 Å². The van der Waals surface area contributed by atoms with E-state index in [9.17, 15) is 13.2 Å². The Bertz CT molecular complexity index is 1030. The van der Waals surface area contributed by atoms with E-state index in [0.29, 0.717) is 10.5 Å². The molecule has 2 aromatic rings. The Balaban J connectivity index is 1.62. The number of benzene rings is 2. The molecule has 0 bridgehead atoms. The minimum absolute atomic E-state index is 0.0256. The van der Waals surface area contributed by atoms with Gasteiger partial charge in [0.2, 0.25) is 10.0 Å². The number of fused-ring (bicyclic) bond motifs is 1. The van der Waals surface area contributed by atoms with Gasteiger partial charge < -0.3 is 4.90 Å². The number of nitrogens with zero attached hydrogens (tertiary/aromatic N) is 1. The van der Waals surface area contributed by atoms with Crippen LogP contribution in [0.1, 0.15) is 39.9 Å². The van der Waals surface area contributed by atoms with E-state index < -0.39 is 10.0 Å². The van der Waals surface area contributed by atoms with Gasteiger partial charge >= 0.3 is 0 Å². The SMILES string of the molecule is CN(C)C(=O)c1ccc(C#CCNS(=O)(=O)c2ccc3c(c2)CCCC3)cc1. The summed E-state index contributed by atoms with van der Waals surface area (Å²) in [5.74, 6) is 5.67. The summed E-state index contributed by atoms with van der Waals surface area (Å²) in [7, 11) is -0.180. The molecule has 2 aromatic carbocycles. The molecule has 0 saturated carbocycles. The van der Waals surface area contributed by atoms with E-state index in [-0.39, 0.29) is 12.5 Å². The standard InChI is InChI=1S/C22H24N2O3S/c1-24(2)22(25)19-11-9-17(10-12-19)6-5-15-23-28(26,27)21-14-13-18-7-3-4-8-20(18)16-21/h9-14,16,23H,3-4,7-8,15H2,1-2H3. The van der Waals surface area contributed by atoms with Gasteiger partial charge in [-0.3, -0.25) is 4.79 Å². The Labute approximate surface area is 166 Å². The van der Waals surface area contributed by atoms with Gasteiger partial charge in [-0.1, -0.05) is 17.9 Å². The van der Waals surface area contributed by atoms with Crippen molar-refractivity contribution in [2.45, 2.75) is 30.6 Å². The molecule has 146 valence electrons. The predicted molar refractivity (Wildman–Crippen MR) is 110 cm³/mol. The molecule has 0 spiro atoms. The molecule has 1 amide bonds. The molecule has 0 aromatic heterocycles. The summed E-state index contributed by atoms with van der Waals surface area (Å²) in [5, 5.41) is 0. The fourth-order valence-corrected chi connectivity index (χ4v) is 4.17. The smallest absolute Gasteiger partial charge is 0.253 e. The highest BCUT2D eigenvalue weighted by atomic mass is 32.2. The molecule has 0 atom stereocenters. The highest BCUT2D eigenvalue weighted by Gasteiger charge is 2.16. The van der Waals surface area contributed by atoms with Crippen LogP contribution in [-0.4, -0.2) is 39.9 Å². The molecule has 5 nitrogen and oxygen atoms in total. The maximum Gasteiger partial charge on any atom is 0.253 e. The van der Waals surface area contributed by atoms with Gasteiger partial charge in [0.15, 0.2) is 0 Å². The fourth-order valence-electron chi connectivity index (χ4n) is 3.19. The van der Waals surface area contributed by atoms with E-state index in [1.54, 1.807) is 50.5 Å². The number of hydrogen-bond donors (Lipinski definition) is 1. The van der Waals surface area contributed by atoms with Crippen LogP contribution in [-0.2, 0) is 22.9 Å². The first-order chi connectivity index (χ1) is 13.4. The minimum atomic E-state index is -3.58. The number of carbonyl (C=O) groups is 1. The lowest BCUT2D eigenvalue weighted by molar-refractivity contribution is 0.0827. The van der Waals surface area contributed by atoms with Crippen molar-refractivity contribution >= 4 is 15.9 Å². The van der Waals surface area contributed by atoms with Crippen LogP contribution in [0.15, 0.2) is 47.4 Å². The van der Waals surface area contributed by atoms with Gasteiger partial charge in [0.1, 0.15) is 0 Å². The third-order valence-corrected chi connectivity index (χ3v) is 6.15. The number of carbonyl (C=O) groups excluding carboxylic acids is 1. The van der Waals surface area contributed by atoms with E-state index >= 15 is 0 Å². The van der Waals surface area contributed by atoms with E-state index in [0.717, 1.165) is 36.8 Å². The summed E-state index contributed by atoms with van der Waals surface area (Å²) in [6, 6.07) is 12.3. The van der Waals surface area contributed by atoms with Crippen molar-refractivity contribution in [1.82, 2.24) is 9.62 Å². The van der Waals surface area contributed by atoms with Gasteiger partial charge in [-0.25, -0.2) is 8.42 Å². The van der Waals surface area contributed by atoms with Gasteiger partial charge in [-0.2, -0.15) is 4.72 Å². The lowest BCUT2D eigenvalue weighted by Crippen LogP contribution is -2.24.